The highest BCUT2D eigenvalue weighted by atomic mass is 19.1. The zero-order valence-electron chi connectivity index (χ0n) is 21.6. The Morgan fingerprint density at radius 2 is 1.92 bits per heavy atom. The molecule has 6 heteroatoms. The summed E-state index contributed by atoms with van der Waals surface area (Å²) in [6.45, 7) is 2.30. The molecular formula is C32H33FN4O. The van der Waals surface area contributed by atoms with Gasteiger partial charge in [0.15, 0.2) is 0 Å². The average molecular weight is 509 g/mol. The van der Waals surface area contributed by atoms with Crippen molar-refractivity contribution in [2.45, 2.75) is 45.1 Å². The monoisotopic (exact) mass is 508 g/mol. The topological polar surface area (TPSA) is 78.2 Å². The lowest BCUT2D eigenvalue weighted by atomic mass is 9.65. The number of aromatic nitrogens is 1. The van der Waals surface area contributed by atoms with E-state index in [-0.39, 0.29) is 35.5 Å². The summed E-state index contributed by atoms with van der Waals surface area (Å²) in [4.78, 5) is 22.1. The molecule has 0 bridgehead atoms. The third kappa shape index (κ3) is 5.64. The highest BCUT2D eigenvalue weighted by molar-refractivity contribution is 6.08. The lowest BCUT2D eigenvalue weighted by Crippen LogP contribution is -2.37. The second kappa shape index (κ2) is 11.2. The van der Waals surface area contributed by atoms with Gasteiger partial charge in [-0.15, -0.1) is 0 Å². The Balaban J connectivity index is 1.38. The third-order valence-electron chi connectivity index (χ3n) is 8.15. The maximum atomic E-state index is 13.4. The van der Waals surface area contributed by atoms with Gasteiger partial charge in [0, 0.05) is 29.7 Å². The molecule has 38 heavy (non-hydrogen) atoms. The van der Waals surface area contributed by atoms with Crippen molar-refractivity contribution >= 4 is 23.5 Å². The Morgan fingerprint density at radius 1 is 1.16 bits per heavy atom. The Hall–Kier alpha value is -3.93. The molecule has 1 amide bonds. The van der Waals surface area contributed by atoms with Crippen molar-refractivity contribution in [3.8, 4) is 0 Å². The summed E-state index contributed by atoms with van der Waals surface area (Å²) in [6, 6.07) is 21.9. The second-order valence-corrected chi connectivity index (χ2v) is 10.6. The van der Waals surface area contributed by atoms with E-state index in [1.165, 1.54) is 23.9 Å². The summed E-state index contributed by atoms with van der Waals surface area (Å²) in [7, 11) is 0. The van der Waals surface area contributed by atoms with Gasteiger partial charge < -0.3 is 10.7 Å². The quantitative estimate of drug-likeness (QED) is 0.328. The first kappa shape index (κ1) is 25.7. The van der Waals surface area contributed by atoms with Crippen LogP contribution in [-0.2, 0) is 11.2 Å². The number of aliphatic imine (C=N–C) groups is 1. The normalized spacial score (nSPS) is 24.4. The average Bonchev–Trinajstić information content (AvgIpc) is 3.24. The first-order valence-corrected chi connectivity index (χ1v) is 13.2. The molecule has 194 valence electrons. The molecule has 2 aromatic carbocycles. The molecule has 1 heterocycles. The summed E-state index contributed by atoms with van der Waals surface area (Å²) in [6.07, 6.45) is 9.22. The SMILES string of the molecule is CC12CC(C=N)C(=Nc3ccc(F)cc3)C=C1CCC2CC(NC(=O)Cc1ccccn1)c1ccccc1. The number of benzene rings is 2. The molecular weight excluding hydrogens is 475 g/mol. The molecule has 0 spiro atoms. The van der Waals surface area contributed by atoms with Crippen LogP contribution in [0, 0.1) is 28.5 Å². The van der Waals surface area contributed by atoms with Gasteiger partial charge in [0.1, 0.15) is 5.82 Å². The fourth-order valence-corrected chi connectivity index (χ4v) is 6.04. The number of allylic oxidation sites excluding steroid dienone is 2. The molecule has 2 N–H and O–H groups in total. The van der Waals surface area contributed by atoms with Crippen molar-refractivity contribution in [2.24, 2.45) is 22.2 Å². The molecule has 2 aliphatic rings. The van der Waals surface area contributed by atoms with Gasteiger partial charge >= 0.3 is 0 Å². The van der Waals surface area contributed by atoms with Gasteiger partial charge in [-0.2, -0.15) is 0 Å². The molecule has 4 unspecified atom stereocenters. The number of fused-ring (bicyclic) bond motifs is 1. The van der Waals surface area contributed by atoms with E-state index >= 15 is 0 Å². The number of nitrogens with zero attached hydrogens (tertiary/aromatic N) is 2. The lowest BCUT2D eigenvalue weighted by molar-refractivity contribution is -0.121. The predicted octanol–water partition coefficient (Wildman–Crippen LogP) is 6.80. The van der Waals surface area contributed by atoms with E-state index in [2.05, 4.69) is 35.4 Å². The minimum absolute atomic E-state index is 0.0359. The lowest BCUT2D eigenvalue weighted by Gasteiger charge is -2.40. The fourth-order valence-electron chi connectivity index (χ4n) is 6.04. The van der Waals surface area contributed by atoms with Crippen LogP contribution in [-0.4, -0.2) is 22.8 Å². The Kier molecular flexibility index (Phi) is 7.59. The van der Waals surface area contributed by atoms with Crippen LogP contribution in [0.25, 0.3) is 0 Å². The molecule has 0 radical (unpaired) electrons. The second-order valence-electron chi connectivity index (χ2n) is 10.6. The molecule has 0 aliphatic heterocycles. The number of rotatable bonds is 8. The minimum Gasteiger partial charge on any atom is -0.349 e. The predicted molar refractivity (Wildman–Crippen MR) is 149 cm³/mol. The molecule has 0 saturated heterocycles. The van der Waals surface area contributed by atoms with Crippen LogP contribution < -0.4 is 5.32 Å². The highest BCUT2D eigenvalue weighted by Gasteiger charge is 2.47. The van der Waals surface area contributed by atoms with Crippen LogP contribution in [0.2, 0.25) is 0 Å². The van der Waals surface area contributed by atoms with Crippen LogP contribution in [0.15, 0.2) is 95.6 Å². The first-order chi connectivity index (χ1) is 18.4. The van der Waals surface area contributed by atoms with Crippen molar-refractivity contribution in [1.82, 2.24) is 10.3 Å². The fraction of sp³-hybridized carbons (Fsp3) is 0.312. The van der Waals surface area contributed by atoms with E-state index in [0.717, 1.165) is 42.7 Å². The summed E-state index contributed by atoms with van der Waals surface area (Å²) < 4.78 is 13.4. The van der Waals surface area contributed by atoms with Gasteiger partial charge in [0.05, 0.1) is 18.2 Å². The van der Waals surface area contributed by atoms with Crippen LogP contribution in [0.1, 0.15) is 49.9 Å². The minimum atomic E-state index is -0.286. The van der Waals surface area contributed by atoms with Crippen LogP contribution in [0.4, 0.5) is 10.1 Å². The van der Waals surface area contributed by atoms with Gasteiger partial charge in [0.2, 0.25) is 5.91 Å². The number of halogens is 1. The van der Waals surface area contributed by atoms with Crippen molar-refractivity contribution in [1.29, 1.82) is 5.41 Å². The van der Waals surface area contributed by atoms with E-state index in [4.69, 9.17) is 10.4 Å². The Labute approximate surface area is 223 Å². The smallest absolute Gasteiger partial charge is 0.226 e. The first-order valence-electron chi connectivity index (χ1n) is 13.2. The summed E-state index contributed by atoms with van der Waals surface area (Å²) in [5, 5.41) is 11.4. The standard InChI is InChI=1S/C32H33FN4O/c1-32-20-23(21-34)30(36-27-14-12-26(33)13-15-27)18-25(32)11-10-24(32)17-29(22-7-3-2-4-8-22)37-31(38)19-28-9-5-6-16-35-28/h2-9,12-16,18,21,23-24,29,34H,10-11,17,19-20H2,1H3,(H,37,38). The van der Waals surface area contributed by atoms with Crippen molar-refractivity contribution < 1.29 is 9.18 Å². The molecule has 3 aromatic rings. The number of amides is 1. The molecule has 1 saturated carbocycles. The number of carbonyl (C=O) groups is 1. The molecule has 1 aromatic heterocycles. The Morgan fingerprint density at radius 3 is 2.63 bits per heavy atom. The van der Waals surface area contributed by atoms with Crippen LogP contribution >= 0.6 is 0 Å². The van der Waals surface area contributed by atoms with E-state index in [1.54, 1.807) is 18.3 Å². The van der Waals surface area contributed by atoms with Gasteiger partial charge in [-0.05, 0) is 85.1 Å². The van der Waals surface area contributed by atoms with Crippen LogP contribution in [0.5, 0.6) is 0 Å². The van der Waals surface area contributed by atoms with Crippen LogP contribution in [0.3, 0.4) is 0 Å². The maximum absolute atomic E-state index is 13.4. The molecule has 4 atom stereocenters. The van der Waals surface area contributed by atoms with Crippen molar-refractivity contribution in [2.75, 3.05) is 0 Å². The van der Waals surface area contributed by atoms with E-state index < -0.39 is 0 Å². The van der Waals surface area contributed by atoms with E-state index in [1.807, 2.05) is 36.4 Å². The summed E-state index contributed by atoms with van der Waals surface area (Å²) in [5.74, 6) is -0.0793. The number of nitrogens with one attached hydrogen (secondary N) is 2. The van der Waals surface area contributed by atoms with Gasteiger partial charge in [0.25, 0.3) is 0 Å². The number of carbonyl (C=O) groups excluding carboxylic acids is 1. The largest absolute Gasteiger partial charge is 0.349 e. The maximum Gasteiger partial charge on any atom is 0.226 e. The van der Waals surface area contributed by atoms with Crippen molar-refractivity contribution in [3.05, 3.63) is 108 Å². The van der Waals surface area contributed by atoms with Gasteiger partial charge in [-0.3, -0.25) is 14.8 Å². The molecule has 5 nitrogen and oxygen atoms in total. The Bertz CT molecular complexity index is 1340. The summed E-state index contributed by atoms with van der Waals surface area (Å²) in [5.41, 5.74) is 4.69. The van der Waals surface area contributed by atoms with E-state index in [0.29, 0.717) is 11.6 Å². The molecule has 1 fully saturated rings. The van der Waals surface area contributed by atoms with E-state index in [9.17, 15) is 9.18 Å². The number of hydrogen-bond donors (Lipinski definition) is 2. The van der Waals surface area contributed by atoms with Gasteiger partial charge in [-0.1, -0.05) is 48.9 Å². The number of pyridine rings is 1. The summed E-state index contributed by atoms with van der Waals surface area (Å²) >= 11 is 0. The zero-order chi connectivity index (χ0) is 26.5. The van der Waals surface area contributed by atoms with Gasteiger partial charge in [-0.25, -0.2) is 4.39 Å². The molecule has 2 aliphatic carbocycles. The zero-order valence-corrected chi connectivity index (χ0v) is 21.6. The third-order valence-corrected chi connectivity index (χ3v) is 8.15. The highest BCUT2D eigenvalue weighted by Crippen LogP contribution is 2.56. The van der Waals surface area contributed by atoms with Crippen molar-refractivity contribution in [3.63, 3.8) is 0 Å². The number of hydrogen-bond acceptors (Lipinski definition) is 4. The molecule has 5 rings (SSSR count).